The lowest BCUT2D eigenvalue weighted by Gasteiger charge is -2.33. The van der Waals surface area contributed by atoms with E-state index in [1.54, 1.807) is 12.1 Å². The van der Waals surface area contributed by atoms with Crippen LogP contribution >= 0.6 is 11.6 Å². The van der Waals surface area contributed by atoms with Crippen molar-refractivity contribution in [2.45, 2.75) is 32.2 Å². The fourth-order valence-electron chi connectivity index (χ4n) is 2.52. The maximum atomic E-state index is 12.1. The van der Waals surface area contributed by atoms with E-state index in [0.717, 1.165) is 24.0 Å². The van der Waals surface area contributed by atoms with E-state index < -0.39 is 6.36 Å². The Morgan fingerprint density at radius 2 is 1.92 bits per heavy atom. The fraction of sp³-hybridized carbons (Fsp3) is 0.412. The SMILES string of the molecule is CC(CCc1ccc(OC(F)(F)F)cc1)N1CC(CN)=CC=C1Cl. The van der Waals surface area contributed by atoms with Crippen LogP contribution in [-0.2, 0) is 6.42 Å². The highest BCUT2D eigenvalue weighted by Gasteiger charge is 2.30. The first kappa shape index (κ1) is 18.7. The Hall–Kier alpha value is -1.66. The van der Waals surface area contributed by atoms with Crippen molar-refractivity contribution < 1.29 is 17.9 Å². The monoisotopic (exact) mass is 360 g/mol. The van der Waals surface area contributed by atoms with E-state index in [-0.39, 0.29) is 11.8 Å². The molecule has 0 fully saturated rings. The molecule has 0 radical (unpaired) electrons. The van der Waals surface area contributed by atoms with Gasteiger partial charge in [-0.15, -0.1) is 13.2 Å². The Morgan fingerprint density at radius 3 is 2.50 bits per heavy atom. The zero-order chi connectivity index (χ0) is 17.7. The smallest absolute Gasteiger partial charge is 0.406 e. The van der Waals surface area contributed by atoms with Crippen molar-refractivity contribution in [1.82, 2.24) is 4.90 Å². The van der Waals surface area contributed by atoms with E-state index in [4.69, 9.17) is 17.3 Å². The molecule has 1 aliphatic rings. The van der Waals surface area contributed by atoms with E-state index in [2.05, 4.69) is 16.6 Å². The highest BCUT2D eigenvalue weighted by Crippen LogP contribution is 2.25. The van der Waals surface area contributed by atoms with Gasteiger partial charge in [0.25, 0.3) is 0 Å². The molecule has 1 aliphatic heterocycles. The molecule has 0 aliphatic carbocycles. The van der Waals surface area contributed by atoms with Gasteiger partial charge in [-0.2, -0.15) is 0 Å². The second-order valence-electron chi connectivity index (χ2n) is 5.73. The Kier molecular flexibility index (Phi) is 6.18. The van der Waals surface area contributed by atoms with Gasteiger partial charge in [0.15, 0.2) is 0 Å². The number of hydrogen-bond donors (Lipinski definition) is 1. The summed E-state index contributed by atoms with van der Waals surface area (Å²) in [5.41, 5.74) is 7.73. The van der Waals surface area contributed by atoms with Crippen molar-refractivity contribution in [3.63, 3.8) is 0 Å². The third-order valence-electron chi connectivity index (χ3n) is 3.91. The second-order valence-corrected chi connectivity index (χ2v) is 6.11. The van der Waals surface area contributed by atoms with Gasteiger partial charge in [-0.05, 0) is 49.1 Å². The topological polar surface area (TPSA) is 38.5 Å². The van der Waals surface area contributed by atoms with Crippen LogP contribution in [0.4, 0.5) is 13.2 Å². The summed E-state index contributed by atoms with van der Waals surface area (Å²) in [7, 11) is 0. The van der Waals surface area contributed by atoms with Crippen LogP contribution < -0.4 is 10.5 Å². The molecule has 1 atom stereocenters. The van der Waals surface area contributed by atoms with E-state index in [1.807, 2.05) is 12.2 Å². The predicted molar refractivity (Wildman–Crippen MR) is 88.7 cm³/mol. The van der Waals surface area contributed by atoms with Crippen molar-refractivity contribution in [3.8, 4) is 5.75 Å². The Labute approximate surface area is 144 Å². The number of nitrogens with zero attached hydrogens (tertiary/aromatic N) is 1. The molecule has 24 heavy (non-hydrogen) atoms. The molecule has 0 aromatic heterocycles. The third-order valence-corrected chi connectivity index (χ3v) is 4.25. The van der Waals surface area contributed by atoms with E-state index in [9.17, 15) is 13.2 Å². The summed E-state index contributed by atoms with van der Waals surface area (Å²) in [4.78, 5) is 2.07. The van der Waals surface area contributed by atoms with Crippen LogP contribution in [-0.4, -0.2) is 30.4 Å². The number of alkyl halides is 3. The van der Waals surface area contributed by atoms with Crippen molar-refractivity contribution in [3.05, 3.63) is 52.7 Å². The number of benzene rings is 1. The Bertz CT molecular complexity index is 611. The molecule has 0 saturated heterocycles. The van der Waals surface area contributed by atoms with Crippen LogP contribution in [0.25, 0.3) is 0 Å². The summed E-state index contributed by atoms with van der Waals surface area (Å²) in [6.07, 6.45) is 0.663. The molecular formula is C17H20ClF3N2O. The normalized spacial score (nSPS) is 16.5. The van der Waals surface area contributed by atoms with Gasteiger partial charge in [-0.1, -0.05) is 29.8 Å². The number of rotatable bonds is 6. The molecule has 0 spiro atoms. The Morgan fingerprint density at radius 1 is 1.25 bits per heavy atom. The molecule has 0 bridgehead atoms. The minimum atomic E-state index is -4.67. The summed E-state index contributed by atoms with van der Waals surface area (Å²) < 4.78 is 40.3. The quantitative estimate of drug-likeness (QED) is 0.773. The van der Waals surface area contributed by atoms with Crippen LogP contribution in [0, 0.1) is 0 Å². The van der Waals surface area contributed by atoms with Gasteiger partial charge in [0.2, 0.25) is 0 Å². The molecule has 2 N–H and O–H groups in total. The maximum Gasteiger partial charge on any atom is 0.573 e. The van der Waals surface area contributed by atoms with Crippen LogP contribution in [0.3, 0.4) is 0 Å². The van der Waals surface area contributed by atoms with Crippen molar-refractivity contribution in [2.75, 3.05) is 13.1 Å². The summed E-state index contributed by atoms with van der Waals surface area (Å²) in [6, 6.07) is 6.14. The molecule has 2 rings (SSSR count). The minimum Gasteiger partial charge on any atom is -0.406 e. The lowest BCUT2D eigenvalue weighted by atomic mass is 10.0. The summed E-state index contributed by atoms with van der Waals surface area (Å²) in [5, 5.41) is 0.675. The molecule has 1 aromatic carbocycles. The highest BCUT2D eigenvalue weighted by atomic mass is 35.5. The highest BCUT2D eigenvalue weighted by molar-refractivity contribution is 6.29. The fourth-order valence-corrected chi connectivity index (χ4v) is 2.81. The number of halogens is 4. The van der Waals surface area contributed by atoms with Crippen molar-refractivity contribution in [1.29, 1.82) is 0 Å². The van der Waals surface area contributed by atoms with Gasteiger partial charge >= 0.3 is 6.36 Å². The third kappa shape index (κ3) is 5.46. The standard InChI is InChI=1S/C17H20ClF3N2O/c1-12(23-11-14(10-22)6-9-16(23)18)2-3-13-4-7-15(8-5-13)24-17(19,20)21/h4-9,12H,2-3,10-11,22H2,1H3. The lowest BCUT2D eigenvalue weighted by Crippen LogP contribution is -2.35. The molecule has 1 heterocycles. The molecule has 0 amide bonds. The number of allylic oxidation sites excluding steroid dienone is 2. The average molecular weight is 361 g/mol. The largest absolute Gasteiger partial charge is 0.573 e. The summed E-state index contributed by atoms with van der Waals surface area (Å²) in [6.45, 7) is 3.26. The van der Waals surface area contributed by atoms with Gasteiger partial charge in [0, 0.05) is 19.1 Å². The lowest BCUT2D eigenvalue weighted by molar-refractivity contribution is -0.274. The number of aryl methyl sites for hydroxylation is 1. The molecule has 3 nitrogen and oxygen atoms in total. The van der Waals surface area contributed by atoms with Gasteiger partial charge in [-0.3, -0.25) is 0 Å². The van der Waals surface area contributed by atoms with Crippen molar-refractivity contribution in [2.24, 2.45) is 5.73 Å². The van der Waals surface area contributed by atoms with Crippen LogP contribution in [0.5, 0.6) is 5.75 Å². The van der Waals surface area contributed by atoms with Crippen LogP contribution in [0.15, 0.2) is 47.1 Å². The zero-order valence-electron chi connectivity index (χ0n) is 13.3. The Balaban J connectivity index is 1.89. The molecule has 0 saturated carbocycles. The number of nitrogens with two attached hydrogens (primary N) is 1. The van der Waals surface area contributed by atoms with Gasteiger partial charge in [-0.25, -0.2) is 0 Å². The van der Waals surface area contributed by atoms with Gasteiger partial charge < -0.3 is 15.4 Å². The first-order chi connectivity index (χ1) is 11.3. The average Bonchev–Trinajstić information content (AvgIpc) is 2.53. The van der Waals surface area contributed by atoms with Gasteiger partial charge in [0.05, 0.1) is 0 Å². The first-order valence-electron chi connectivity index (χ1n) is 7.65. The predicted octanol–water partition coefficient (Wildman–Crippen LogP) is 4.19. The van der Waals surface area contributed by atoms with Crippen LogP contribution in [0.1, 0.15) is 18.9 Å². The van der Waals surface area contributed by atoms with Gasteiger partial charge in [0.1, 0.15) is 10.9 Å². The van der Waals surface area contributed by atoms with Crippen LogP contribution in [0.2, 0.25) is 0 Å². The zero-order valence-corrected chi connectivity index (χ0v) is 14.1. The molecule has 7 heteroatoms. The molecule has 1 unspecified atom stereocenters. The van der Waals surface area contributed by atoms with E-state index in [0.29, 0.717) is 18.2 Å². The molecular weight excluding hydrogens is 341 g/mol. The molecule has 132 valence electrons. The second kappa shape index (κ2) is 7.94. The summed E-state index contributed by atoms with van der Waals surface area (Å²) in [5.74, 6) is -0.209. The summed E-state index contributed by atoms with van der Waals surface area (Å²) >= 11 is 6.24. The number of hydrogen-bond acceptors (Lipinski definition) is 3. The molecule has 1 aromatic rings. The van der Waals surface area contributed by atoms with E-state index in [1.165, 1.54) is 12.1 Å². The first-order valence-corrected chi connectivity index (χ1v) is 8.03. The minimum absolute atomic E-state index is 0.190. The number of ether oxygens (including phenoxy) is 1. The maximum absolute atomic E-state index is 12.1. The van der Waals surface area contributed by atoms with E-state index >= 15 is 0 Å². The van der Waals surface area contributed by atoms with Crippen molar-refractivity contribution >= 4 is 11.6 Å².